The number of carbonyl (C=O) groups is 2. The van der Waals surface area contributed by atoms with Crippen molar-refractivity contribution in [1.29, 1.82) is 0 Å². The minimum Gasteiger partial charge on any atom is -0.494 e. The number of amides is 2. The Hall–Kier alpha value is -3.54. The van der Waals surface area contributed by atoms with Gasteiger partial charge in [-0.3, -0.25) is 9.59 Å². The Labute approximate surface area is 181 Å². The molecule has 0 saturated carbocycles. The second-order valence-corrected chi connectivity index (χ2v) is 7.90. The summed E-state index contributed by atoms with van der Waals surface area (Å²) in [6, 6.07) is 15.6. The highest BCUT2D eigenvalue weighted by Gasteiger charge is 2.31. The number of hydrogen-bond acceptors (Lipinski definition) is 4. The fourth-order valence-electron chi connectivity index (χ4n) is 4.41. The molecule has 0 fully saturated rings. The van der Waals surface area contributed by atoms with Crippen LogP contribution in [0.5, 0.6) is 5.75 Å². The van der Waals surface area contributed by atoms with E-state index in [9.17, 15) is 9.59 Å². The minimum absolute atomic E-state index is 0.0381. The van der Waals surface area contributed by atoms with Gasteiger partial charge in [0, 0.05) is 24.3 Å². The predicted octanol–water partition coefficient (Wildman–Crippen LogP) is 3.97. The Morgan fingerprint density at radius 2 is 1.97 bits per heavy atom. The van der Waals surface area contributed by atoms with E-state index in [0.29, 0.717) is 38.4 Å². The van der Waals surface area contributed by atoms with E-state index in [2.05, 4.69) is 6.07 Å². The Bertz CT molecular complexity index is 1150. The molecule has 5 rings (SSSR count). The van der Waals surface area contributed by atoms with Gasteiger partial charge in [0.25, 0.3) is 5.91 Å². The molecule has 0 bridgehead atoms. The summed E-state index contributed by atoms with van der Waals surface area (Å²) < 4.78 is 11.2. The predicted molar refractivity (Wildman–Crippen MR) is 116 cm³/mol. The zero-order valence-electron chi connectivity index (χ0n) is 17.5. The van der Waals surface area contributed by atoms with E-state index in [1.54, 1.807) is 15.9 Å². The van der Waals surface area contributed by atoms with E-state index < -0.39 is 0 Å². The number of hydrogen-bond donors (Lipinski definition) is 0. The molecule has 2 aliphatic rings. The van der Waals surface area contributed by atoms with E-state index in [-0.39, 0.29) is 11.8 Å². The molecule has 6 heteroatoms. The number of anilines is 1. The number of nitrogens with zero attached hydrogens (tertiary/aromatic N) is 2. The smallest absolute Gasteiger partial charge is 0.290 e. The van der Waals surface area contributed by atoms with Crippen LogP contribution in [-0.4, -0.2) is 29.9 Å². The maximum Gasteiger partial charge on any atom is 0.290 e. The number of benzene rings is 2. The van der Waals surface area contributed by atoms with E-state index in [4.69, 9.17) is 9.15 Å². The molecule has 31 heavy (non-hydrogen) atoms. The molecule has 2 aliphatic heterocycles. The number of ether oxygens (including phenoxy) is 1. The molecule has 0 unspecified atom stereocenters. The number of fused-ring (bicyclic) bond motifs is 2. The molecule has 2 aromatic carbocycles. The highest BCUT2D eigenvalue weighted by molar-refractivity contribution is 6.01. The molecule has 158 valence electrons. The SMILES string of the molecule is CCOc1ccc2c(c1)CN(C(=O)c1occc1CN1C(=O)Cc3ccccc31)CC2. The Morgan fingerprint density at radius 1 is 1.10 bits per heavy atom. The standard InChI is InChI=1S/C25H24N2O4/c1-2-30-21-8-7-17-9-11-26(15-20(17)13-21)25(29)24-19(10-12-31-24)16-27-22-6-4-3-5-18(22)14-23(27)28/h3-8,10,12-13H,2,9,11,14-16H2,1H3. The van der Waals surface area contributed by atoms with Crippen LogP contribution in [0.3, 0.4) is 0 Å². The minimum atomic E-state index is -0.146. The molecule has 2 amide bonds. The van der Waals surface area contributed by atoms with Crippen molar-refractivity contribution in [3.8, 4) is 5.75 Å². The van der Waals surface area contributed by atoms with E-state index >= 15 is 0 Å². The highest BCUT2D eigenvalue weighted by atomic mass is 16.5. The summed E-state index contributed by atoms with van der Waals surface area (Å²) in [5, 5.41) is 0. The summed E-state index contributed by atoms with van der Waals surface area (Å²) in [4.78, 5) is 29.4. The molecule has 3 heterocycles. The fraction of sp³-hybridized carbons (Fsp3) is 0.280. The third-order valence-electron chi connectivity index (χ3n) is 5.98. The summed E-state index contributed by atoms with van der Waals surface area (Å²) in [5.41, 5.74) is 4.99. The second kappa shape index (κ2) is 7.95. The van der Waals surface area contributed by atoms with Crippen molar-refractivity contribution in [3.05, 3.63) is 82.8 Å². The van der Waals surface area contributed by atoms with Gasteiger partial charge in [-0.1, -0.05) is 24.3 Å². The molecule has 3 aromatic rings. The number of furan rings is 1. The van der Waals surface area contributed by atoms with Crippen LogP contribution in [0.15, 0.2) is 59.2 Å². The van der Waals surface area contributed by atoms with Gasteiger partial charge in [0.1, 0.15) is 5.75 Å². The summed E-state index contributed by atoms with van der Waals surface area (Å²) >= 11 is 0. The molecule has 0 radical (unpaired) electrons. The molecule has 0 saturated heterocycles. The van der Waals surface area contributed by atoms with Crippen molar-refractivity contribution in [3.63, 3.8) is 0 Å². The molecule has 1 aromatic heterocycles. The molecule has 0 spiro atoms. The maximum absolute atomic E-state index is 13.3. The van der Waals surface area contributed by atoms with Crippen LogP contribution >= 0.6 is 0 Å². The van der Waals surface area contributed by atoms with Gasteiger partial charge in [-0.25, -0.2) is 0 Å². The lowest BCUT2D eigenvalue weighted by atomic mass is 9.99. The van der Waals surface area contributed by atoms with Crippen LogP contribution in [-0.2, 0) is 30.7 Å². The zero-order valence-corrected chi connectivity index (χ0v) is 17.5. The average molecular weight is 416 g/mol. The third-order valence-corrected chi connectivity index (χ3v) is 5.98. The average Bonchev–Trinajstić information content (AvgIpc) is 3.37. The Kier molecular flexibility index (Phi) is 4.98. The van der Waals surface area contributed by atoms with E-state index in [1.165, 1.54) is 11.8 Å². The van der Waals surface area contributed by atoms with Crippen LogP contribution in [0.25, 0.3) is 0 Å². The first-order valence-corrected chi connectivity index (χ1v) is 10.6. The van der Waals surface area contributed by atoms with E-state index in [1.807, 2.05) is 43.3 Å². The first-order chi connectivity index (χ1) is 15.1. The van der Waals surface area contributed by atoms with Gasteiger partial charge >= 0.3 is 0 Å². The van der Waals surface area contributed by atoms with Gasteiger partial charge in [0.15, 0.2) is 5.76 Å². The Balaban J connectivity index is 1.36. The van der Waals surface area contributed by atoms with Crippen molar-refractivity contribution in [2.24, 2.45) is 0 Å². The maximum atomic E-state index is 13.3. The monoisotopic (exact) mass is 416 g/mol. The summed E-state index contributed by atoms with van der Waals surface area (Å²) in [6.07, 6.45) is 2.71. The number of para-hydroxylation sites is 1. The van der Waals surface area contributed by atoms with Gasteiger partial charge in [-0.2, -0.15) is 0 Å². The van der Waals surface area contributed by atoms with Crippen LogP contribution in [0.1, 0.15) is 39.7 Å². The zero-order chi connectivity index (χ0) is 21.4. The van der Waals surface area contributed by atoms with Gasteiger partial charge < -0.3 is 19.0 Å². The first-order valence-electron chi connectivity index (χ1n) is 10.6. The number of rotatable bonds is 5. The van der Waals surface area contributed by atoms with Gasteiger partial charge in [-0.15, -0.1) is 0 Å². The third kappa shape index (κ3) is 3.58. The van der Waals surface area contributed by atoms with Gasteiger partial charge in [0.05, 0.1) is 25.8 Å². The summed E-state index contributed by atoms with van der Waals surface area (Å²) in [5.74, 6) is 1.02. The molecule has 0 N–H and O–H groups in total. The normalized spacial score (nSPS) is 15.1. The van der Waals surface area contributed by atoms with Crippen molar-refractivity contribution in [1.82, 2.24) is 4.90 Å². The Morgan fingerprint density at radius 3 is 2.84 bits per heavy atom. The molecule has 0 aliphatic carbocycles. The van der Waals surface area contributed by atoms with Gasteiger partial charge in [-0.05, 0) is 54.3 Å². The lowest BCUT2D eigenvalue weighted by molar-refractivity contribution is -0.117. The fourth-order valence-corrected chi connectivity index (χ4v) is 4.41. The lowest BCUT2D eigenvalue weighted by Crippen LogP contribution is -2.36. The van der Waals surface area contributed by atoms with Crippen molar-refractivity contribution >= 4 is 17.5 Å². The van der Waals surface area contributed by atoms with Crippen molar-refractivity contribution in [2.45, 2.75) is 32.9 Å². The molecule has 0 atom stereocenters. The highest BCUT2D eigenvalue weighted by Crippen LogP contribution is 2.31. The topological polar surface area (TPSA) is 63.0 Å². The summed E-state index contributed by atoms with van der Waals surface area (Å²) in [6.45, 7) is 4.03. The lowest BCUT2D eigenvalue weighted by Gasteiger charge is -2.29. The second-order valence-electron chi connectivity index (χ2n) is 7.90. The summed E-state index contributed by atoms with van der Waals surface area (Å²) in [7, 11) is 0. The number of carbonyl (C=O) groups excluding carboxylic acids is 2. The van der Waals surface area contributed by atoms with E-state index in [0.717, 1.165) is 34.5 Å². The quantitative estimate of drug-likeness (QED) is 0.632. The van der Waals surface area contributed by atoms with Crippen molar-refractivity contribution < 1.29 is 18.7 Å². The van der Waals surface area contributed by atoms with Crippen molar-refractivity contribution in [2.75, 3.05) is 18.1 Å². The van der Waals surface area contributed by atoms with Crippen LogP contribution < -0.4 is 9.64 Å². The van der Waals surface area contributed by atoms with Crippen LogP contribution in [0.4, 0.5) is 5.69 Å². The van der Waals surface area contributed by atoms with Crippen LogP contribution in [0.2, 0.25) is 0 Å². The molecular formula is C25H24N2O4. The first kappa shape index (κ1) is 19.4. The molecular weight excluding hydrogens is 392 g/mol. The van der Waals surface area contributed by atoms with Gasteiger partial charge in [0.2, 0.25) is 5.91 Å². The molecule has 6 nitrogen and oxygen atoms in total. The van der Waals surface area contributed by atoms with Crippen LogP contribution in [0, 0.1) is 0 Å². The largest absolute Gasteiger partial charge is 0.494 e.